The van der Waals surface area contributed by atoms with E-state index < -0.39 is 62.2 Å². The van der Waals surface area contributed by atoms with Crippen molar-refractivity contribution in [2.45, 2.75) is 49.0 Å². The summed E-state index contributed by atoms with van der Waals surface area (Å²) in [4.78, 5) is 0. The van der Waals surface area contributed by atoms with Gasteiger partial charge in [-0.15, -0.1) is 0 Å². The van der Waals surface area contributed by atoms with E-state index >= 15 is 0 Å². The maximum Gasteiger partial charge on any atom is 0.283 e. The van der Waals surface area contributed by atoms with Gasteiger partial charge in [-0.25, -0.2) is 0 Å². The summed E-state index contributed by atoms with van der Waals surface area (Å²) in [5, 5.41) is 59.6. The van der Waals surface area contributed by atoms with Gasteiger partial charge in [-0.05, 0) is 0 Å². The number of thiol groups is 2. The highest BCUT2D eigenvalue weighted by Crippen LogP contribution is 2.31. The molecule has 8 atom stereocenters. The molecule has 1 saturated heterocycles. The highest BCUT2D eigenvalue weighted by molar-refractivity contribution is 7.80. The van der Waals surface area contributed by atoms with Gasteiger partial charge >= 0.3 is 0 Å². The van der Waals surface area contributed by atoms with Crippen molar-refractivity contribution in [2.24, 2.45) is 0 Å². The molecule has 0 saturated carbocycles. The van der Waals surface area contributed by atoms with Gasteiger partial charge in [-0.2, -0.15) is 25.3 Å². The summed E-state index contributed by atoms with van der Waals surface area (Å²) in [7, 11) is 0. The second-order valence-corrected chi connectivity index (χ2v) is 6.94. The molecule has 27 heavy (non-hydrogen) atoms. The van der Waals surface area contributed by atoms with Crippen molar-refractivity contribution in [1.82, 2.24) is 0 Å². The van der Waals surface area contributed by atoms with E-state index in [9.17, 15) is 30.6 Å². The molecule has 0 amide bonds. The highest BCUT2D eigenvalue weighted by Gasteiger charge is 2.48. The average Bonchev–Trinajstić information content (AvgIpc) is 2.67. The molecular formula is C15H26O10S2. The number of ether oxygens (including phenoxy) is 4. The first-order chi connectivity index (χ1) is 12.9. The molecule has 6 N–H and O–H groups in total. The lowest BCUT2D eigenvalue weighted by atomic mass is 9.97. The van der Waals surface area contributed by atoms with Crippen molar-refractivity contribution in [1.29, 1.82) is 0 Å². The van der Waals surface area contributed by atoms with Crippen LogP contribution in [0.3, 0.4) is 0 Å². The van der Waals surface area contributed by atoms with Gasteiger partial charge in [0.1, 0.15) is 37.1 Å². The largest absolute Gasteiger partial charge is 0.464 e. The van der Waals surface area contributed by atoms with Crippen LogP contribution in [0.4, 0.5) is 0 Å². The Bertz CT molecular complexity index is 505. The molecule has 0 aliphatic carbocycles. The number of rotatable bonds is 8. The van der Waals surface area contributed by atoms with Gasteiger partial charge in [0.2, 0.25) is 0 Å². The first-order valence-corrected chi connectivity index (χ1v) is 9.65. The summed E-state index contributed by atoms with van der Waals surface area (Å²) >= 11 is 8.02. The van der Waals surface area contributed by atoms with E-state index in [4.69, 9.17) is 18.9 Å². The number of aliphatic hydroxyl groups is 6. The number of hydrogen-bond acceptors (Lipinski definition) is 12. The molecular weight excluding hydrogens is 404 g/mol. The third kappa shape index (κ3) is 5.01. The zero-order valence-electron chi connectivity index (χ0n) is 14.4. The molecule has 1 fully saturated rings. The molecule has 0 bridgehead atoms. The van der Waals surface area contributed by atoms with Crippen LogP contribution in [0.2, 0.25) is 0 Å². The second kappa shape index (κ2) is 10.5. The van der Waals surface area contributed by atoms with Gasteiger partial charge in [0.25, 0.3) is 5.95 Å². The van der Waals surface area contributed by atoms with Gasteiger partial charge in [-0.1, -0.05) is 0 Å². The zero-order chi connectivity index (χ0) is 20.1. The Balaban J connectivity index is 2.19. The molecule has 0 spiro atoms. The molecule has 2 aliphatic heterocycles. The summed E-state index contributed by atoms with van der Waals surface area (Å²) in [6, 6.07) is 0. The van der Waals surface area contributed by atoms with Crippen LogP contribution in [-0.2, 0) is 18.9 Å². The molecule has 2 heterocycles. The van der Waals surface area contributed by atoms with E-state index in [1.54, 1.807) is 0 Å². The molecule has 0 aromatic carbocycles. The van der Waals surface area contributed by atoms with Crippen LogP contribution in [-0.4, -0.2) is 111 Å². The minimum atomic E-state index is -1.62. The molecule has 12 heteroatoms. The van der Waals surface area contributed by atoms with Crippen LogP contribution in [0.5, 0.6) is 0 Å². The lowest BCUT2D eigenvalue weighted by molar-refractivity contribution is -0.320. The molecule has 2 aliphatic rings. The number of aliphatic hydroxyl groups excluding tert-OH is 6. The Morgan fingerprint density at radius 2 is 1.67 bits per heavy atom. The summed E-state index contributed by atoms with van der Waals surface area (Å²) in [5.41, 5.74) is -0.0110. The normalized spacial score (nSPS) is 40.0. The van der Waals surface area contributed by atoms with Crippen molar-refractivity contribution in [3.8, 4) is 0 Å². The van der Waals surface area contributed by atoms with Crippen LogP contribution in [0, 0.1) is 0 Å². The maximum atomic E-state index is 10.6. The van der Waals surface area contributed by atoms with Gasteiger partial charge in [0.15, 0.2) is 12.4 Å². The molecule has 158 valence electrons. The van der Waals surface area contributed by atoms with Crippen LogP contribution < -0.4 is 0 Å². The van der Waals surface area contributed by atoms with Crippen LogP contribution in [0.15, 0.2) is 11.5 Å². The molecule has 0 aromatic rings. The third-order valence-corrected chi connectivity index (χ3v) is 4.91. The Labute approximate surface area is 167 Å². The van der Waals surface area contributed by atoms with E-state index in [0.717, 1.165) is 0 Å². The fraction of sp³-hybridized carbons (Fsp3) is 0.867. The summed E-state index contributed by atoms with van der Waals surface area (Å²) in [6.45, 7) is -1.02. The Morgan fingerprint density at radius 3 is 2.22 bits per heavy atom. The Morgan fingerprint density at radius 1 is 0.963 bits per heavy atom. The van der Waals surface area contributed by atoms with Gasteiger partial charge in [0, 0.05) is 11.5 Å². The van der Waals surface area contributed by atoms with E-state index in [-0.39, 0.29) is 23.9 Å². The first kappa shape index (κ1) is 23.0. The summed E-state index contributed by atoms with van der Waals surface area (Å²) in [5.74, 6) is 0.270. The predicted octanol–water partition coefficient (Wildman–Crippen LogP) is -2.99. The fourth-order valence-electron chi connectivity index (χ4n) is 2.86. The SMILES string of the molecule is OCC1=C(OCCS)OC(CO)[C@@H](O[C@@H]2OC(CS)[C@@H](O)C(O)C2O)C1O. The fourth-order valence-corrected chi connectivity index (χ4v) is 3.26. The smallest absolute Gasteiger partial charge is 0.283 e. The quantitative estimate of drug-likeness (QED) is 0.187. The van der Waals surface area contributed by atoms with E-state index in [1.165, 1.54) is 0 Å². The average molecular weight is 430 g/mol. The maximum absolute atomic E-state index is 10.6. The zero-order valence-corrected chi connectivity index (χ0v) is 16.2. The topological polar surface area (TPSA) is 158 Å². The molecule has 0 radical (unpaired) electrons. The van der Waals surface area contributed by atoms with E-state index in [2.05, 4.69) is 25.3 Å². The van der Waals surface area contributed by atoms with Crippen LogP contribution in [0.1, 0.15) is 0 Å². The van der Waals surface area contributed by atoms with Gasteiger partial charge < -0.3 is 49.6 Å². The highest BCUT2D eigenvalue weighted by atomic mass is 32.1. The molecule has 2 rings (SSSR count). The van der Waals surface area contributed by atoms with Crippen LogP contribution >= 0.6 is 25.3 Å². The Hall–Kier alpha value is -0.280. The third-order valence-electron chi connectivity index (χ3n) is 4.37. The van der Waals surface area contributed by atoms with E-state index in [1.807, 2.05) is 0 Å². The van der Waals surface area contributed by atoms with Gasteiger partial charge in [-0.3, -0.25) is 0 Å². The van der Waals surface area contributed by atoms with Crippen molar-refractivity contribution in [3.63, 3.8) is 0 Å². The van der Waals surface area contributed by atoms with Crippen molar-refractivity contribution in [2.75, 3.05) is 31.3 Å². The summed E-state index contributed by atoms with van der Waals surface area (Å²) < 4.78 is 21.7. The van der Waals surface area contributed by atoms with Gasteiger partial charge in [0.05, 0.1) is 24.9 Å². The summed E-state index contributed by atoms with van der Waals surface area (Å²) in [6.07, 6.45) is -10.7. The standard InChI is InChI=1S/C15H26O10S2/c16-3-6-9(18)13(7(4-17)23-14(6)22-1-2-26)25-15-12(21)11(20)10(19)8(5-27)24-15/h7-13,15-21,26-27H,1-5H2/t7?,8?,9?,10-,11?,12?,13-,15+/m1/s1. The molecule has 5 unspecified atom stereocenters. The van der Waals surface area contributed by atoms with Crippen molar-refractivity contribution < 1.29 is 49.6 Å². The molecule has 0 aromatic heterocycles. The minimum absolute atomic E-state index is 0.0110. The van der Waals surface area contributed by atoms with Crippen molar-refractivity contribution in [3.05, 3.63) is 11.5 Å². The first-order valence-electron chi connectivity index (χ1n) is 8.38. The Kier molecular flexibility index (Phi) is 8.93. The second-order valence-electron chi connectivity index (χ2n) is 6.12. The van der Waals surface area contributed by atoms with Crippen LogP contribution in [0.25, 0.3) is 0 Å². The van der Waals surface area contributed by atoms with Crippen molar-refractivity contribution >= 4 is 25.3 Å². The lowest BCUT2D eigenvalue weighted by Crippen LogP contribution is -2.61. The predicted molar refractivity (Wildman–Crippen MR) is 97.3 cm³/mol. The molecule has 10 nitrogen and oxygen atoms in total. The van der Waals surface area contributed by atoms with E-state index in [0.29, 0.717) is 5.75 Å². The number of hydrogen-bond donors (Lipinski definition) is 8. The lowest BCUT2D eigenvalue weighted by Gasteiger charge is -2.43. The monoisotopic (exact) mass is 430 g/mol. The minimum Gasteiger partial charge on any atom is -0.464 e.